The van der Waals surface area contributed by atoms with Gasteiger partial charge in [-0.15, -0.1) is 23.1 Å². The van der Waals surface area contributed by atoms with E-state index in [1.807, 2.05) is 54.6 Å². The van der Waals surface area contributed by atoms with Crippen molar-refractivity contribution in [3.05, 3.63) is 187 Å². The maximum atomic E-state index is 14.4. The molecule has 6 aromatic rings. The van der Waals surface area contributed by atoms with E-state index in [-0.39, 0.29) is 16.6 Å². The summed E-state index contributed by atoms with van der Waals surface area (Å²) in [5, 5.41) is 8.96. The standard InChI is InChI=1S/C46H37Cl2N3O5S2/c1-56-46(55)39-35-24-23-31(28-13-5-2-6-14-28)26-38(35)58-45(39)51-44(54)41(29-15-7-3-8-16-29)57-34-21-12-20-33(27-34)49-43(53)37(25-32-19-11-22-36(47)40(32)48)50-42(52)30-17-9-4-10-18-30/h2-22,25,27,31,41H,23-24,26H2,1H3,(H,49,53)(H,50,52)(H,51,54)/b37-25+. The zero-order valence-electron chi connectivity index (χ0n) is 31.2. The molecule has 1 aliphatic rings. The smallest absolute Gasteiger partial charge is 0.341 e. The number of carbonyl (C=O) groups is 4. The summed E-state index contributed by atoms with van der Waals surface area (Å²) in [6.07, 6.45) is 3.80. The highest BCUT2D eigenvalue weighted by Gasteiger charge is 2.32. The van der Waals surface area contributed by atoms with Crippen molar-refractivity contribution in [2.75, 3.05) is 17.7 Å². The fraction of sp³-hybridized carbons (Fsp3) is 0.130. The van der Waals surface area contributed by atoms with Crippen LogP contribution < -0.4 is 16.0 Å². The molecule has 58 heavy (non-hydrogen) atoms. The van der Waals surface area contributed by atoms with Crippen molar-refractivity contribution in [2.24, 2.45) is 0 Å². The SMILES string of the molecule is COC(=O)c1c(NC(=O)C(Sc2cccc(NC(=O)/C(=C\c3cccc(Cl)c3Cl)NC(=O)c3ccccc3)c2)c2ccccc2)sc2c1CCC(c1ccccc1)C2. The van der Waals surface area contributed by atoms with Gasteiger partial charge in [0.1, 0.15) is 15.9 Å². The molecular weight excluding hydrogens is 810 g/mol. The van der Waals surface area contributed by atoms with E-state index in [9.17, 15) is 19.2 Å². The van der Waals surface area contributed by atoms with Gasteiger partial charge >= 0.3 is 5.97 Å². The van der Waals surface area contributed by atoms with E-state index in [2.05, 4.69) is 28.1 Å². The molecule has 1 aromatic heterocycles. The van der Waals surface area contributed by atoms with E-state index in [4.69, 9.17) is 27.9 Å². The Labute approximate surface area is 354 Å². The molecule has 0 fully saturated rings. The highest BCUT2D eigenvalue weighted by Crippen LogP contribution is 2.44. The third-order valence-electron chi connectivity index (χ3n) is 9.66. The molecule has 3 amide bonds. The van der Waals surface area contributed by atoms with E-state index >= 15 is 0 Å². The van der Waals surface area contributed by atoms with Crippen LogP contribution in [0.25, 0.3) is 6.08 Å². The highest BCUT2D eigenvalue weighted by molar-refractivity contribution is 8.00. The Kier molecular flexibility index (Phi) is 13.1. The van der Waals surface area contributed by atoms with Gasteiger partial charge in [0.2, 0.25) is 5.91 Å². The lowest BCUT2D eigenvalue weighted by Gasteiger charge is -2.22. The molecule has 1 aliphatic carbocycles. The number of halogens is 2. The van der Waals surface area contributed by atoms with Gasteiger partial charge in [-0.3, -0.25) is 14.4 Å². The first-order valence-corrected chi connectivity index (χ1v) is 20.9. The number of nitrogens with one attached hydrogen (secondary N) is 3. The van der Waals surface area contributed by atoms with Crippen molar-refractivity contribution in [3.8, 4) is 0 Å². The van der Waals surface area contributed by atoms with Gasteiger partial charge in [0.15, 0.2) is 0 Å². The molecule has 0 spiro atoms. The van der Waals surface area contributed by atoms with Gasteiger partial charge in [0, 0.05) is 21.0 Å². The van der Waals surface area contributed by atoms with Crippen LogP contribution in [-0.4, -0.2) is 30.8 Å². The average molecular weight is 847 g/mol. The molecule has 0 aliphatic heterocycles. The highest BCUT2D eigenvalue weighted by atomic mass is 35.5. The quantitative estimate of drug-likeness (QED) is 0.0642. The summed E-state index contributed by atoms with van der Waals surface area (Å²) in [5.74, 6) is -1.58. The molecule has 3 N–H and O–H groups in total. The number of esters is 1. The van der Waals surface area contributed by atoms with Gasteiger partial charge in [0.05, 0.1) is 22.7 Å². The third kappa shape index (κ3) is 9.54. The number of anilines is 2. The van der Waals surface area contributed by atoms with E-state index in [1.165, 1.54) is 41.8 Å². The summed E-state index contributed by atoms with van der Waals surface area (Å²) in [5.41, 5.74) is 4.49. The Morgan fingerprint density at radius 3 is 2.24 bits per heavy atom. The maximum Gasteiger partial charge on any atom is 0.341 e. The number of amides is 3. The monoisotopic (exact) mass is 845 g/mol. The van der Waals surface area contributed by atoms with Gasteiger partial charge < -0.3 is 20.7 Å². The fourth-order valence-electron chi connectivity index (χ4n) is 6.79. The first-order valence-electron chi connectivity index (χ1n) is 18.4. The lowest BCUT2D eigenvalue weighted by Crippen LogP contribution is -2.30. The molecule has 292 valence electrons. The van der Waals surface area contributed by atoms with Gasteiger partial charge in [-0.1, -0.05) is 120 Å². The Morgan fingerprint density at radius 1 is 0.828 bits per heavy atom. The molecule has 8 nitrogen and oxygen atoms in total. The molecule has 0 saturated carbocycles. The normalized spacial score (nSPS) is 14.1. The number of ether oxygens (including phenoxy) is 1. The van der Waals surface area contributed by atoms with Crippen LogP contribution in [0.2, 0.25) is 10.0 Å². The van der Waals surface area contributed by atoms with Crippen LogP contribution in [0.1, 0.15) is 65.4 Å². The van der Waals surface area contributed by atoms with Crippen LogP contribution in [0.3, 0.4) is 0 Å². The van der Waals surface area contributed by atoms with Gasteiger partial charge in [-0.05, 0) is 89.9 Å². The molecular formula is C46H37Cl2N3O5S2. The molecule has 2 unspecified atom stereocenters. The average Bonchev–Trinajstić information content (AvgIpc) is 3.61. The first kappa shape index (κ1) is 40.5. The summed E-state index contributed by atoms with van der Waals surface area (Å²) in [7, 11) is 1.35. The second kappa shape index (κ2) is 18.7. The van der Waals surface area contributed by atoms with Crippen molar-refractivity contribution in [1.29, 1.82) is 0 Å². The maximum absolute atomic E-state index is 14.4. The van der Waals surface area contributed by atoms with Crippen LogP contribution in [0.5, 0.6) is 0 Å². The summed E-state index contributed by atoms with van der Waals surface area (Å²) < 4.78 is 5.22. The lowest BCUT2D eigenvalue weighted by molar-refractivity contribution is -0.116. The second-order valence-corrected chi connectivity index (χ2v) is 16.5. The zero-order valence-corrected chi connectivity index (χ0v) is 34.3. The number of fused-ring (bicyclic) bond motifs is 1. The molecule has 5 aromatic carbocycles. The van der Waals surface area contributed by atoms with E-state index in [0.29, 0.717) is 49.6 Å². The predicted molar refractivity (Wildman–Crippen MR) is 234 cm³/mol. The molecule has 0 saturated heterocycles. The van der Waals surface area contributed by atoms with E-state index < -0.39 is 23.0 Å². The third-order valence-corrected chi connectivity index (χ3v) is 12.9. The number of rotatable bonds is 12. The fourth-order valence-corrected chi connectivity index (χ4v) is 9.56. The Balaban J connectivity index is 1.14. The molecule has 1 heterocycles. The largest absolute Gasteiger partial charge is 0.465 e. The Hall–Kier alpha value is -5.65. The first-order chi connectivity index (χ1) is 28.2. The van der Waals surface area contributed by atoms with Gasteiger partial charge in [0.25, 0.3) is 11.8 Å². The molecule has 2 atom stereocenters. The van der Waals surface area contributed by atoms with Crippen molar-refractivity contribution in [1.82, 2.24) is 5.32 Å². The lowest BCUT2D eigenvalue weighted by atomic mass is 9.83. The zero-order chi connectivity index (χ0) is 40.6. The minimum Gasteiger partial charge on any atom is -0.465 e. The number of carbonyl (C=O) groups excluding carboxylic acids is 4. The number of thioether (sulfide) groups is 1. The molecule has 7 rings (SSSR count). The number of thiophene rings is 1. The summed E-state index contributed by atoms with van der Waals surface area (Å²) in [6, 6.07) is 40.3. The number of hydrogen-bond donors (Lipinski definition) is 3. The summed E-state index contributed by atoms with van der Waals surface area (Å²) in [6.45, 7) is 0. The van der Waals surface area contributed by atoms with Crippen LogP contribution in [0.4, 0.5) is 10.7 Å². The van der Waals surface area contributed by atoms with Crippen molar-refractivity contribution < 1.29 is 23.9 Å². The number of methoxy groups -OCH3 is 1. The van der Waals surface area contributed by atoms with Crippen molar-refractivity contribution in [3.63, 3.8) is 0 Å². The summed E-state index contributed by atoms with van der Waals surface area (Å²) >= 11 is 15.4. The van der Waals surface area contributed by atoms with Crippen molar-refractivity contribution in [2.45, 2.75) is 35.3 Å². The molecule has 0 bridgehead atoms. The predicted octanol–water partition coefficient (Wildman–Crippen LogP) is 11.0. The number of benzene rings is 5. The van der Waals surface area contributed by atoms with Crippen LogP contribution in [0, 0.1) is 0 Å². The Morgan fingerprint density at radius 2 is 1.52 bits per heavy atom. The van der Waals surface area contributed by atoms with Crippen LogP contribution in [-0.2, 0) is 27.2 Å². The van der Waals surface area contributed by atoms with E-state index in [1.54, 1.807) is 66.7 Å². The minimum atomic E-state index is -0.737. The minimum absolute atomic E-state index is 0.0623. The van der Waals surface area contributed by atoms with E-state index in [0.717, 1.165) is 28.8 Å². The molecule has 12 heteroatoms. The van der Waals surface area contributed by atoms with Crippen LogP contribution in [0.15, 0.2) is 144 Å². The molecule has 0 radical (unpaired) electrons. The topological polar surface area (TPSA) is 114 Å². The Bertz CT molecular complexity index is 2490. The number of hydrogen-bond acceptors (Lipinski definition) is 7. The van der Waals surface area contributed by atoms with Crippen molar-refractivity contribution >= 4 is 86.8 Å². The van der Waals surface area contributed by atoms with Gasteiger partial charge in [-0.25, -0.2) is 4.79 Å². The van der Waals surface area contributed by atoms with Crippen LogP contribution >= 0.6 is 46.3 Å². The van der Waals surface area contributed by atoms with Gasteiger partial charge in [-0.2, -0.15) is 0 Å². The second-order valence-electron chi connectivity index (χ2n) is 13.5. The summed E-state index contributed by atoms with van der Waals surface area (Å²) in [4.78, 5) is 56.4.